The van der Waals surface area contributed by atoms with Gasteiger partial charge in [-0.05, 0) is 65.7 Å². The average molecular weight is 381 g/mol. The molecule has 0 radical (unpaired) electrons. The van der Waals surface area contributed by atoms with Crippen LogP contribution in [0.2, 0.25) is 0 Å². The summed E-state index contributed by atoms with van der Waals surface area (Å²) in [7, 11) is -3.55. The van der Waals surface area contributed by atoms with E-state index in [9.17, 15) is 8.42 Å². The lowest BCUT2D eigenvalue weighted by molar-refractivity contribution is -0.195. The molecule has 0 fully saturated rings. The quantitative estimate of drug-likeness (QED) is 0.430. The van der Waals surface area contributed by atoms with Crippen molar-refractivity contribution in [2.24, 2.45) is 0 Å². The van der Waals surface area contributed by atoms with Crippen LogP contribution in [0.3, 0.4) is 0 Å². The van der Waals surface area contributed by atoms with Crippen LogP contribution >= 0.6 is 0 Å². The van der Waals surface area contributed by atoms with Gasteiger partial charge in [0.1, 0.15) is 0 Å². The fraction of sp³-hybridized carbons (Fsp3) is 0.524. The molecule has 0 saturated heterocycles. The van der Waals surface area contributed by atoms with Crippen LogP contribution in [0, 0.1) is 6.92 Å². The SMILES string of the molecule is C=C(CC(C=C(C)C)S(=O)(=O)c1ccc(C)cc1)C(C)(OCC)OCC. The number of sulfone groups is 1. The fourth-order valence-electron chi connectivity index (χ4n) is 2.76. The van der Waals surface area contributed by atoms with Gasteiger partial charge in [-0.2, -0.15) is 0 Å². The molecule has 0 spiro atoms. The number of allylic oxidation sites excluding steroid dienone is 1. The van der Waals surface area contributed by atoms with E-state index >= 15 is 0 Å². The molecule has 0 aromatic heterocycles. The second-order valence-electron chi connectivity index (χ2n) is 6.76. The van der Waals surface area contributed by atoms with E-state index in [1.807, 2.05) is 46.8 Å². The maximum atomic E-state index is 13.2. The Hall–Kier alpha value is -1.43. The molecule has 1 unspecified atom stereocenters. The third-order valence-electron chi connectivity index (χ3n) is 4.20. The van der Waals surface area contributed by atoms with Crippen molar-refractivity contribution in [2.75, 3.05) is 13.2 Å². The Morgan fingerprint density at radius 1 is 1.15 bits per heavy atom. The van der Waals surface area contributed by atoms with Gasteiger partial charge in [0.25, 0.3) is 0 Å². The molecule has 0 aliphatic heterocycles. The first kappa shape index (κ1) is 22.6. The summed E-state index contributed by atoms with van der Waals surface area (Å²) in [5.41, 5.74) is 2.57. The molecule has 0 saturated carbocycles. The van der Waals surface area contributed by atoms with Crippen LogP contribution in [-0.2, 0) is 19.3 Å². The smallest absolute Gasteiger partial charge is 0.187 e. The van der Waals surface area contributed by atoms with E-state index in [0.29, 0.717) is 23.7 Å². The van der Waals surface area contributed by atoms with Gasteiger partial charge in [-0.1, -0.05) is 35.9 Å². The predicted octanol–water partition coefficient (Wildman–Crippen LogP) is 4.84. The molecule has 26 heavy (non-hydrogen) atoms. The van der Waals surface area contributed by atoms with E-state index in [1.54, 1.807) is 25.1 Å². The molecule has 1 aromatic rings. The van der Waals surface area contributed by atoms with Crippen molar-refractivity contribution in [1.82, 2.24) is 0 Å². The largest absolute Gasteiger partial charge is 0.347 e. The van der Waals surface area contributed by atoms with Crippen molar-refractivity contribution in [2.45, 2.75) is 63.9 Å². The molecule has 4 nitrogen and oxygen atoms in total. The van der Waals surface area contributed by atoms with Gasteiger partial charge in [0.05, 0.1) is 10.1 Å². The Balaban J connectivity index is 3.24. The minimum absolute atomic E-state index is 0.234. The molecular weight excluding hydrogens is 348 g/mol. The van der Waals surface area contributed by atoms with E-state index in [1.165, 1.54) is 0 Å². The zero-order valence-corrected chi connectivity index (χ0v) is 17.7. The maximum absolute atomic E-state index is 13.2. The molecule has 1 atom stereocenters. The van der Waals surface area contributed by atoms with Gasteiger partial charge in [-0.15, -0.1) is 0 Å². The van der Waals surface area contributed by atoms with Crippen LogP contribution in [0.4, 0.5) is 0 Å². The number of hydrogen-bond acceptors (Lipinski definition) is 4. The monoisotopic (exact) mass is 380 g/mol. The Labute approximate surface area is 158 Å². The number of aryl methyl sites for hydroxylation is 1. The van der Waals surface area contributed by atoms with Gasteiger partial charge >= 0.3 is 0 Å². The molecular formula is C21H32O4S. The number of rotatable bonds is 10. The van der Waals surface area contributed by atoms with Gasteiger partial charge < -0.3 is 9.47 Å². The highest BCUT2D eigenvalue weighted by atomic mass is 32.2. The average Bonchev–Trinajstić information content (AvgIpc) is 2.54. The summed E-state index contributed by atoms with van der Waals surface area (Å²) in [6, 6.07) is 6.94. The highest BCUT2D eigenvalue weighted by Crippen LogP contribution is 2.30. The van der Waals surface area contributed by atoms with Gasteiger partial charge in [0, 0.05) is 13.2 Å². The lowest BCUT2D eigenvalue weighted by Crippen LogP contribution is -2.36. The zero-order valence-electron chi connectivity index (χ0n) is 16.8. The van der Waals surface area contributed by atoms with Crippen molar-refractivity contribution in [3.8, 4) is 0 Å². The highest BCUT2D eigenvalue weighted by Gasteiger charge is 2.34. The van der Waals surface area contributed by atoms with Crippen LogP contribution in [0.25, 0.3) is 0 Å². The molecule has 0 amide bonds. The van der Waals surface area contributed by atoms with Crippen LogP contribution in [0.1, 0.15) is 46.6 Å². The lowest BCUT2D eigenvalue weighted by atomic mass is 10.0. The Morgan fingerprint density at radius 2 is 1.65 bits per heavy atom. The summed E-state index contributed by atoms with van der Waals surface area (Å²) >= 11 is 0. The highest BCUT2D eigenvalue weighted by molar-refractivity contribution is 7.92. The van der Waals surface area contributed by atoms with Crippen LogP contribution < -0.4 is 0 Å². The normalized spacial score (nSPS) is 13.3. The Morgan fingerprint density at radius 3 is 2.08 bits per heavy atom. The zero-order chi connectivity index (χ0) is 20.0. The van der Waals surface area contributed by atoms with Crippen molar-refractivity contribution >= 4 is 9.84 Å². The molecule has 1 rings (SSSR count). The first-order chi connectivity index (χ1) is 12.1. The van der Waals surface area contributed by atoms with E-state index in [0.717, 1.165) is 11.1 Å². The topological polar surface area (TPSA) is 52.6 Å². The predicted molar refractivity (Wildman–Crippen MR) is 107 cm³/mol. The van der Waals surface area contributed by atoms with E-state index in [-0.39, 0.29) is 6.42 Å². The lowest BCUT2D eigenvalue weighted by Gasteiger charge is -2.32. The van der Waals surface area contributed by atoms with Gasteiger partial charge in [0.15, 0.2) is 15.6 Å². The van der Waals surface area contributed by atoms with Crippen LogP contribution in [0.5, 0.6) is 0 Å². The van der Waals surface area contributed by atoms with Crippen molar-refractivity contribution < 1.29 is 17.9 Å². The molecule has 0 aliphatic carbocycles. The summed E-state index contributed by atoms with van der Waals surface area (Å²) < 4.78 is 37.8. The molecule has 0 bridgehead atoms. The molecule has 5 heteroatoms. The van der Waals surface area contributed by atoms with E-state index in [2.05, 4.69) is 6.58 Å². The molecule has 0 aliphatic rings. The van der Waals surface area contributed by atoms with Crippen molar-refractivity contribution in [3.63, 3.8) is 0 Å². The first-order valence-electron chi connectivity index (χ1n) is 8.98. The van der Waals surface area contributed by atoms with Crippen molar-refractivity contribution in [3.05, 3.63) is 53.6 Å². The summed E-state index contributed by atoms with van der Waals surface area (Å²) in [4.78, 5) is 0.313. The van der Waals surface area contributed by atoms with Crippen LogP contribution in [-0.4, -0.2) is 32.7 Å². The van der Waals surface area contributed by atoms with Gasteiger partial charge in [0.2, 0.25) is 0 Å². The van der Waals surface area contributed by atoms with Gasteiger partial charge in [-0.25, -0.2) is 8.42 Å². The number of benzene rings is 1. The summed E-state index contributed by atoms with van der Waals surface area (Å²) in [5, 5.41) is -0.719. The third kappa shape index (κ3) is 5.79. The number of ether oxygens (including phenoxy) is 2. The van der Waals surface area contributed by atoms with Crippen LogP contribution in [0.15, 0.2) is 53.0 Å². The van der Waals surface area contributed by atoms with Crippen molar-refractivity contribution in [1.29, 1.82) is 0 Å². The minimum Gasteiger partial charge on any atom is -0.347 e. The summed E-state index contributed by atoms with van der Waals surface area (Å²) in [5.74, 6) is -1.000. The summed E-state index contributed by atoms with van der Waals surface area (Å²) in [6.45, 7) is 16.3. The first-order valence-corrected chi connectivity index (χ1v) is 10.5. The Kier molecular flexibility index (Phi) is 8.25. The van der Waals surface area contributed by atoms with E-state index < -0.39 is 20.9 Å². The molecule has 1 aromatic carbocycles. The molecule has 0 heterocycles. The Bertz CT molecular complexity index is 720. The maximum Gasteiger partial charge on any atom is 0.187 e. The molecule has 146 valence electrons. The van der Waals surface area contributed by atoms with Gasteiger partial charge in [-0.3, -0.25) is 0 Å². The number of hydrogen-bond donors (Lipinski definition) is 0. The van der Waals surface area contributed by atoms with E-state index in [4.69, 9.17) is 9.47 Å². The standard InChI is InChI=1S/C21H32O4S/c1-8-24-21(7,25-9-2)18(6)15-20(14-16(3)4)26(22,23)19-12-10-17(5)11-13-19/h10-14,20H,6,8-9,15H2,1-5,7H3. The molecule has 0 N–H and O–H groups in total. The second kappa shape index (κ2) is 9.49. The summed E-state index contributed by atoms with van der Waals surface area (Å²) in [6.07, 6.45) is 2.01. The minimum atomic E-state index is -3.55. The second-order valence-corrected chi connectivity index (χ2v) is 8.93. The third-order valence-corrected chi connectivity index (χ3v) is 6.23. The fourth-order valence-corrected chi connectivity index (χ4v) is 4.49.